The number of phenols is 2. The summed E-state index contributed by atoms with van der Waals surface area (Å²) in [5.41, 5.74) is 0.934. The SMILES string of the molecule is Cc1cc(O)c(N=Nc2c(O)c(C(=O)O)cc3ccccc23)c2ccccc12. The first-order chi connectivity index (χ1) is 13.5. The number of nitrogens with zero attached hydrogens (tertiary/aromatic N) is 2. The smallest absolute Gasteiger partial charge is 0.339 e. The molecule has 0 heterocycles. The average molecular weight is 372 g/mol. The Bertz CT molecular complexity index is 1280. The van der Waals surface area contributed by atoms with Crippen molar-refractivity contribution in [2.45, 2.75) is 6.92 Å². The highest BCUT2D eigenvalue weighted by atomic mass is 16.4. The van der Waals surface area contributed by atoms with Crippen molar-refractivity contribution in [3.63, 3.8) is 0 Å². The van der Waals surface area contributed by atoms with Crippen LogP contribution in [-0.4, -0.2) is 21.3 Å². The first-order valence-corrected chi connectivity index (χ1v) is 8.58. The van der Waals surface area contributed by atoms with Crippen LogP contribution in [0.4, 0.5) is 11.4 Å². The number of aryl methyl sites for hydroxylation is 1. The van der Waals surface area contributed by atoms with Crippen LogP contribution >= 0.6 is 0 Å². The van der Waals surface area contributed by atoms with E-state index in [2.05, 4.69) is 10.2 Å². The predicted molar refractivity (Wildman–Crippen MR) is 107 cm³/mol. The first-order valence-electron chi connectivity index (χ1n) is 8.58. The molecule has 3 N–H and O–H groups in total. The van der Waals surface area contributed by atoms with E-state index in [0.29, 0.717) is 16.2 Å². The van der Waals surface area contributed by atoms with E-state index in [1.165, 1.54) is 6.07 Å². The molecule has 0 aliphatic rings. The van der Waals surface area contributed by atoms with Gasteiger partial charge in [-0.2, -0.15) is 0 Å². The van der Waals surface area contributed by atoms with E-state index >= 15 is 0 Å². The minimum absolute atomic E-state index is 0.0413. The number of fused-ring (bicyclic) bond motifs is 2. The Kier molecular flexibility index (Phi) is 4.16. The van der Waals surface area contributed by atoms with Crippen LogP contribution in [0.5, 0.6) is 11.5 Å². The Hall–Kier alpha value is -3.93. The predicted octanol–water partition coefficient (Wildman–Crippen LogP) is 5.83. The molecule has 0 amide bonds. The van der Waals surface area contributed by atoms with Gasteiger partial charge in [-0.05, 0) is 35.4 Å². The molecular formula is C22H16N2O4. The number of hydrogen-bond acceptors (Lipinski definition) is 5. The molecule has 0 saturated carbocycles. The highest BCUT2D eigenvalue weighted by Gasteiger charge is 2.18. The van der Waals surface area contributed by atoms with E-state index in [4.69, 9.17) is 0 Å². The third-order valence-electron chi connectivity index (χ3n) is 4.68. The lowest BCUT2D eigenvalue weighted by Gasteiger charge is -2.09. The molecule has 0 aromatic heterocycles. The number of rotatable bonds is 3. The van der Waals surface area contributed by atoms with Gasteiger partial charge in [-0.15, -0.1) is 10.2 Å². The number of carbonyl (C=O) groups is 1. The fourth-order valence-corrected chi connectivity index (χ4v) is 3.31. The lowest BCUT2D eigenvalue weighted by molar-refractivity contribution is 0.0694. The van der Waals surface area contributed by atoms with Crippen molar-refractivity contribution in [2.24, 2.45) is 10.2 Å². The summed E-state index contributed by atoms with van der Waals surface area (Å²) in [4.78, 5) is 11.5. The zero-order chi connectivity index (χ0) is 19.8. The molecule has 0 radical (unpaired) electrons. The summed E-state index contributed by atoms with van der Waals surface area (Å²) in [6.45, 7) is 1.89. The molecule has 138 valence electrons. The zero-order valence-corrected chi connectivity index (χ0v) is 14.9. The van der Waals surface area contributed by atoms with Crippen molar-refractivity contribution in [3.05, 3.63) is 71.8 Å². The highest BCUT2D eigenvalue weighted by Crippen LogP contribution is 2.42. The maximum atomic E-state index is 11.5. The maximum absolute atomic E-state index is 11.5. The van der Waals surface area contributed by atoms with Crippen LogP contribution in [0.2, 0.25) is 0 Å². The van der Waals surface area contributed by atoms with Gasteiger partial charge in [0.25, 0.3) is 0 Å². The fourth-order valence-electron chi connectivity index (χ4n) is 3.31. The largest absolute Gasteiger partial charge is 0.506 e. The van der Waals surface area contributed by atoms with Gasteiger partial charge in [-0.1, -0.05) is 48.5 Å². The molecule has 0 spiro atoms. The van der Waals surface area contributed by atoms with Crippen LogP contribution in [0.3, 0.4) is 0 Å². The van der Waals surface area contributed by atoms with Gasteiger partial charge in [0.15, 0.2) is 5.75 Å². The van der Waals surface area contributed by atoms with Crippen LogP contribution in [-0.2, 0) is 0 Å². The Balaban J connectivity index is 1.97. The molecule has 4 aromatic carbocycles. The van der Waals surface area contributed by atoms with Gasteiger partial charge in [-0.25, -0.2) is 4.79 Å². The van der Waals surface area contributed by atoms with Gasteiger partial charge in [0.2, 0.25) is 0 Å². The molecule has 0 atom stereocenters. The third kappa shape index (κ3) is 2.81. The molecule has 6 heteroatoms. The number of carboxylic acids is 1. The zero-order valence-electron chi connectivity index (χ0n) is 14.9. The molecule has 4 rings (SSSR count). The van der Waals surface area contributed by atoms with Crippen molar-refractivity contribution in [3.8, 4) is 11.5 Å². The monoisotopic (exact) mass is 372 g/mol. The lowest BCUT2D eigenvalue weighted by Crippen LogP contribution is -1.97. The first kappa shape index (κ1) is 17.5. The van der Waals surface area contributed by atoms with Crippen LogP contribution in [0.1, 0.15) is 15.9 Å². The van der Waals surface area contributed by atoms with Gasteiger partial charge in [0.05, 0.1) is 0 Å². The second kappa shape index (κ2) is 6.66. The molecule has 0 aliphatic carbocycles. The topological polar surface area (TPSA) is 102 Å². The number of benzene rings is 4. The van der Waals surface area contributed by atoms with Gasteiger partial charge in [-0.3, -0.25) is 0 Å². The second-order valence-electron chi connectivity index (χ2n) is 6.45. The van der Waals surface area contributed by atoms with E-state index in [-0.39, 0.29) is 22.7 Å². The van der Waals surface area contributed by atoms with E-state index in [0.717, 1.165) is 10.9 Å². The van der Waals surface area contributed by atoms with Crippen LogP contribution in [0, 0.1) is 6.92 Å². The van der Waals surface area contributed by atoms with Crippen molar-refractivity contribution in [1.29, 1.82) is 0 Å². The standard InChI is InChI=1S/C22H16N2O4/c1-12-10-18(25)19(16-9-5-4-7-14(12)16)23-24-20-15-8-3-2-6-13(15)11-17(21(20)26)22(27)28/h2-11,25-26H,1H3,(H,27,28). The summed E-state index contributed by atoms with van der Waals surface area (Å²) in [6.07, 6.45) is 0. The number of hydrogen-bond donors (Lipinski definition) is 3. The molecule has 0 fully saturated rings. The van der Waals surface area contributed by atoms with Gasteiger partial charge >= 0.3 is 5.97 Å². The molecule has 4 aromatic rings. The lowest BCUT2D eigenvalue weighted by atomic mass is 10.0. The molecule has 0 saturated heterocycles. The summed E-state index contributed by atoms with van der Waals surface area (Å²) in [5.74, 6) is -1.77. The van der Waals surface area contributed by atoms with Gasteiger partial charge in [0.1, 0.15) is 22.7 Å². The molecule has 6 nitrogen and oxygen atoms in total. The summed E-state index contributed by atoms with van der Waals surface area (Å²) >= 11 is 0. The molecule has 0 bridgehead atoms. The minimum Gasteiger partial charge on any atom is -0.506 e. The Morgan fingerprint density at radius 3 is 2.14 bits per heavy atom. The Labute approximate surface area is 160 Å². The molecule has 0 unspecified atom stereocenters. The summed E-state index contributed by atoms with van der Waals surface area (Å²) < 4.78 is 0. The van der Waals surface area contributed by atoms with Gasteiger partial charge < -0.3 is 15.3 Å². The van der Waals surface area contributed by atoms with Gasteiger partial charge in [0, 0.05) is 10.8 Å². The third-order valence-corrected chi connectivity index (χ3v) is 4.68. The van der Waals surface area contributed by atoms with Crippen molar-refractivity contribution in [2.75, 3.05) is 0 Å². The molecular weight excluding hydrogens is 356 g/mol. The second-order valence-corrected chi connectivity index (χ2v) is 6.45. The highest BCUT2D eigenvalue weighted by molar-refractivity contribution is 6.04. The van der Waals surface area contributed by atoms with E-state index < -0.39 is 11.7 Å². The van der Waals surface area contributed by atoms with Crippen molar-refractivity contribution < 1.29 is 20.1 Å². The Morgan fingerprint density at radius 2 is 1.43 bits per heavy atom. The average Bonchev–Trinajstić information content (AvgIpc) is 2.68. The van der Waals surface area contributed by atoms with Crippen LogP contribution in [0.15, 0.2) is 70.9 Å². The quantitative estimate of drug-likeness (QED) is 0.394. The normalized spacial score (nSPS) is 11.5. The number of azo groups is 1. The number of aromatic hydroxyl groups is 2. The number of aromatic carboxylic acids is 1. The molecule has 0 aliphatic heterocycles. The van der Waals surface area contributed by atoms with Crippen molar-refractivity contribution >= 4 is 38.9 Å². The Morgan fingerprint density at radius 1 is 0.821 bits per heavy atom. The summed E-state index contributed by atoms with van der Waals surface area (Å²) in [6, 6.07) is 17.4. The van der Waals surface area contributed by atoms with Crippen LogP contribution in [0.25, 0.3) is 21.5 Å². The van der Waals surface area contributed by atoms with E-state index in [1.807, 2.05) is 31.2 Å². The van der Waals surface area contributed by atoms with E-state index in [1.54, 1.807) is 30.3 Å². The fraction of sp³-hybridized carbons (Fsp3) is 0.0455. The molecule has 28 heavy (non-hydrogen) atoms. The van der Waals surface area contributed by atoms with E-state index in [9.17, 15) is 20.1 Å². The summed E-state index contributed by atoms with van der Waals surface area (Å²) in [7, 11) is 0. The van der Waals surface area contributed by atoms with Crippen molar-refractivity contribution in [1.82, 2.24) is 0 Å². The minimum atomic E-state index is -1.26. The number of phenolic OH excluding ortho intramolecular Hbond substituents is 1. The van der Waals surface area contributed by atoms with Crippen LogP contribution < -0.4 is 0 Å². The summed E-state index contributed by atoms with van der Waals surface area (Å²) in [5, 5.41) is 41.3. The number of carboxylic acid groups (broad SMARTS) is 1. The maximum Gasteiger partial charge on any atom is 0.339 e.